The molecule has 0 saturated carbocycles. The highest BCUT2D eigenvalue weighted by Crippen LogP contribution is 2.16. The highest BCUT2D eigenvalue weighted by Gasteiger charge is 2.25. The van der Waals surface area contributed by atoms with E-state index in [1.165, 1.54) is 0 Å². The monoisotopic (exact) mass is 306 g/mol. The summed E-state index contributed by atoms with van der Waals surface area (Å²) >= 11 is 0. The summed E-state index contributed by atoms with van der Waals surface area (Å²) in [4.78, 5) is 14.2. The van der Waals surface area contributed by atoms with Crippen LogP contribution in [0.3, 0.4) is 0 Å². The Morgan fingerprint density at radius 2 is 2.05 bits per heavy atom. The smallest absolute Gasteiger partial charge is 0.239 e. The van der Waals surface area contributed by atoms with Gasteiger partial charge in [0.15, 0.2) is 0 Å². The maximum atomic E-state index is 12.3. The van der Waals surface area contributed by atoms with Crippen LogP contribution in [-0.2, 0) is 9.53 Å². The predicted molar refractivity (Wildman–Crippen MR) is 85.1 cm³/mol. The fourth-order valence-electron chi connectivity index (χ4n) is 2.58. The average Bonchev–Trinajstić information content (AvgIpc) is 2.60. The minimum atomic E-state index is -0.340. The zero-order valence-corrected chi connectivity index (χ0v) is 14.0. The largest absolute Gasteiger partial charge is 0.378 e. The molecule has 0 radical (unpaired) electrons. The zero-order valence-electron chi connectivity index (χ0n) is 13.1. The number of rotatable bonds is 6. The molecule has 1 aliphatic heterocycles. The Labute approximate surface area is 129 Å². The van der Waals surface area contributed by atoms with E-state index < -0.39 is 0 Å². The van der Waals surface area contributed by atoms with Gasteiger partial charge in [-0.3, -0.25) is 4.79 Å². The Hall–Kier alpha value is -0.320. The van der Waals surface area contributed by atoms with E-state index in [1.807, 2.05) is 4.90 Å². The molecule has 1 aliphatic rings. The van der Waals surface area contributed by atoms with Crippen molar-refractivity contribution in [1.82, 2.24) is 4.90 Å². The van der Waals surface area contributed by atoms with Gasteiger partial charge in [-0.05, 0) is 38.0 Å². The molecule has 0 aromatic rings. The van der Waals surface area contributed by atoms with Crippen LogP contribution in [0.2, 0.25) is 0 Å². The summed E-state index contributed by atoms with van der Waals surface area (Å²) < 4.78 is 5.80. The second kappa shape index (κ2) is 10.4. The third-order valence-corrected chi connectivity index (χ3v) is 3.59. The molecule has 2 atom stereocenters. The van der Waals surface area contributed by atoms with E-state index >= 15 is 0 Å². The molecule has 4 nitrogen and oxygen atoms in total. The Morgan fingerprint density at radius 1 is 1.35 bits per heavy atom. The van der Waals surface area contributed by atoms with Crippen LogP contribution in [0.4, 0.5) is 0 Å². The van der Waals surface area contributed by atoms with E-state index in [9.17, 15) is 4.79 Å². The van der Waals surface area contributed by atoms with Gasteiger partial charge in [0.25, 0.3) is 0 Å². The van der Waals surface area contributed by atoms with Crippen LogP contribution in [0.15, 0.2) is 0 Å². The maximum Gasteiger partial charge on any atom is 0.239 e. The molecule has 1 heterocycles. The Bertz CT molecular complexity index is 275. The van der Waals surface area contributed by atoms with Crippen molar-refractivity contribution in [1.29, 1.82) is 0 Å². The number of hydrogen-bond acceptors (Lipinski definition) is 3. The number of likely N-dealkylation sites (tertiary alicyclic amines) is 1. The molecule has 0 spiro atoms. The molecule has 0 aliphatic carbocycles. The standard InChI is InChI=1S/C15H30N2O2.ClH/c1-4-10-19-13-6-5-8-17(9-7-13)15(18)14(16)11-12(2)3;/h12-14H,4-11,16H2,1-3H3;1H/t13?,14-;/m0./s1. The number of halogens is 1. The normalized spacial score (nSPS) is 21.2. The van der Waals surface area contributed by atoms with Crippen molar-refractivity contribution in [3.05, 3.63) is 0 Å². The Balaban J connectivity index is 0.00000361. The van der Waals surface area contributed by atoms with E-state index in [-0.39, 0.29) is 24.4 Å². The van der Waals surface area contributed by atoms with Crippen molar-refractivity contribution in [2.75, 3.05) is 19.7 Å². The van der Waals surface area contributed by atoms with E-state index in [0.29, 0.717) is 12.0 Å². The van der Waals surface area contributed by atoms with Crippen molar-refractivity contribution in [2.24, 2.45) is 11.7 Å². The van der Waals surface area contributed by atoms with Crippen molar-refractivity contribution >= 4 is 18.3 Å². The highest BCUT2D eigenvalue weighted by molar-refractivity contribution is 5.85. The first-order valence-corrected chi connectivity index (χ1v) is 7.70. The van der Waals surface area contributed by atoms with Gasteiger partial charge in [0.2, 0.25) is 5.91 Å². The Kier molecular flexibility index (Phi) is 10.2. The Morgan fingerprint density at radius 3 is 2.65 bits per heavy atom. The van der Waals surface area contributed by atoms with Gasteiger partial charge >= 0.3 is 0 Å². The SMILES string of the molecule is CCCOC1CCCN(C(=O)[C@@H](N)CC(C)C)CC1.Cl. The van der Waals surface area contributed by atoms with Crippen LogP contribution in [0.1, 0.15) is 52.9 Å². The third kappa shape index (κ3) is 6.91. The summed E-state index contributed by atoms with van der Waals surface area (Å²) in [6.07, 6.45) is 5.17. The molecule has 1 fully saturated rings. The molecule has 1 rings (SSSR count). The lowest BCUT2D eigenvalue weighted by Gasteiger charge is -2.25. The number of ether oxygens (including phenoxy) is 1. The maximum absolute atomic E-state index is 12.3. The number of carbonyl (C=O) groups is 1. The predicted octanol–water partition coefficient (Wildman–Crippen LogP) is 2.59. The van der Waals surface area contributed by atoms with Crippen molar-refractivity contribution in [3.8, 4) is 0 Å². The fraction of sp³-hybridized carbons (Fsp3) is 0.933. The van der Waals surface area contributed by atoms with Gasteiger partial charge in [-0.2, -0.15) is 0 Å². The summed E-state index contributed by atoms with van der Waals surface area (Å²) in [5.41, 5.74) is 5.99. The molecule has 0 aromatic heterocycles. The van der Waals surface area contributed by atoms with Gasteiger partial charge in [0.1, 0.15) is 0 Å². The van der Waals surface area contributed by atoms with Crippen LogP contribution in [0.5, 0.6) is 0 Å². The summed E-state index contributed by atoms with van der Waals surface area (Å²) in [7, 11) is 0. The second-order valence-electron chi connectivity index (χ2n) is 5.99. The number of hydrogen-bond donors (Lipinski definition) is 1. The van der Waals surface area contributed by atoms with Gasteiger partial charge < -0.3 is 15.4 Å². The molecule has 2 N–H and O–H groups in total. The van der Waals surface area contributed by atoms with Crippen molar-refractivity contribution < 1.29 is 9.53 Å². The number of amides is 1. The molecule has 0 bridgehead atoms. The third-order valence-electron chi connectivity index (χ3n) is 3.59. The number of nitrogens with two attached hydrogens (primary N) is 1. The molecular formula is C15H31ClN2O2. The van der Waals surface area contributed by atoms with Gasteiger partial charge in [0.05, 0.1) is 12.1 Å². The fourth-order valence-corrected chi connectivity index (χ4v) is 2.58. The van der Waals surface area contributed by atoms with Crippen LogP contribution >= 0.6 is 12.4 Å². The van der Waals surface area contributed by atoms with E-state index in [2.05, 4.69) is 20.8 Å². The van der Waals surface area contributed by atoms with E-state index in [0.717, 1.165) is 51.8 Å². The van der Waals surface area contributed by atoms with Crippen LogP contribution < -0.4 is 5.73 Å². The second-order valence-corrected chi connectivity index (χ2v) is 5.99. The molecule has 1 unspecified atom stereocenters. The summed E-state index contributed by atoms with van der Waals surface area (Å²) in [5, 5.41) is 0. The van der Waals surface area contributed by atoms with Gasteiger partial charge in [0, 0.05) is 19.7 Å². The lowest BCUT2D eigenvalue weighted by Crippen LogP contribution is -2.44. The quantitative estimate of drug-likeness (QED) is 0.820. The van der Waals surface area contributed by atoms with E-state index in [1.54, 1.807) is 0 Å². The summed E-state index contributed by atoms with van der Waals surface area (Å²) in [6, 6.07) is -0.340. The first-order chi connectivity index (χ1) is 9.04. The molecule has 0 aromatic carbocycles. The van der Waals surface area contributed by atoms with Crippen LogP contribution in [-0.4, -0.2) is 42.6 Å². The van der Waals surface area contributed by atoms with Gasteiger partial charge in [-0.15, -0.1) is 12.4 Å². The molecular weight excluding hydrogens is 276 g/mol. The lowest BCUT2D eigenvalue weighted by atomic mass is 10.0. The summed E-state index contributed by atoms with van der Waals surface area (Å²) in [5.74, 6) is 0.580. The van der Waals surface area contributed by atoms with Crippen molar-refractivity contribution in [2.45, 2.75) is 65.0 Å². The molecule has 20 heavy (non-hydrogen) atoms. The molecule has 1 saturated heterocycles. The minimum absolute atomic E-state index is 0. The van der Waals surface area contributed by atoms with Gasteiger partial charge in [-0.1, -0.05) is 20.8 Å². The number of carbonyl (C=O) groups excluding carboxylic acids is 1. The average molecular weight is 307 g/mol. The van der Waals surface area contributed by atoms with E-state index in [4.69, 9.17) is 10.5 Å². The zero-order chi connectivity index (χ0) is 14.3. The van der Waals surface area contributed by atoms with Gasteiger partial charge in [-0.25, -0.2) is 0 Å². The van der Waals surface area contributed by atoms with Crippen LogP contribution in [0, 0.1) is 5.92 Å². The topological polar surface area (TPSA) is 55.6 Å². The molecule has 5 heteroatoms. The first kappa shape index (κ1) is 19.7. The number of nitrogens with zero attached hydrogens (tertiary/aromatic N) is 1. The molecule has 1 amide bonds. The highest BCUT2D eigenvalue weighted by atomic mass is 35.5. The van der Waals surface area contributed by atoms with Crippen LogP contribution in [0.25, 0.3) is 0 Å². The minimum Gasteiger partial charge on any atom is -0.378 e. The van der Waals surface area contributed by atoms with Crippen molar-refractivity contribution in [3.63, 3.8) is 0 Å². The molecule has 120 valence electrons. The lowest BCUT2D eigenvalue weighted by molar-refractivity contribution is -0.133. The first-order valence-electron chi connectivity index (χ1n) is 7.70. The summed E-state index contributed by atoms with van der Waals surface area (Å²) in [6.45, 7) is 8.77.